The number of aryl methyl sites for hydroxylation is 1. The van der Waals surface area contributed by atoms with Crippen LogP contribution >= 0.6 is 0 Å². The molecule has 0 aromatic heterocycles. The Kier molecular flexibility index (Phi) is 7.43. The summed E-state index contributed by atoms with van der Waals surface area (Å²) in [5.41, 5.74) is 1.22. The second-order valence-corrected chi connectivity index (χ2v) is 6.06. The van der Waals surface area contributed by atoms with Crippen LogP contribution in [-0.2, 0) is 11.2 Å². The summed E-state index contributed by atoms with van der Waals surface area (Å²) in [6, 6.07) is 8.77. The lowest BCUT2D eigenvalue weighted by Crippen LogP contribution is -2.48. The fourth-order valence-corrected chi connectivity index (χ4v) is 2.22. The van der Waals surface area contributed by atoms with Crippen molar-refractivity contribution in [3.63, 3.8) is 0 Å². The topological polar surface area (TPSA) is 78.4 Å². The van der Waals surface area contributed by atoms with Crippen molar-refractivity contribution < 1.29 is 14.7 Å². The standard InChI is InChI=1S/C17H26N2O3/c1-12(2)11-15(16(20)21)19-17(22)18-13(3)9-10-14-7-5-4-6-8-14/h4-8,12-13,15H,9-11H2,1-3H3,(H,20,21)(H2,18,19,22). The lowest BCUT2D eigenvalue weighted by molar-refractivity contribution is -0.139. The molecule has 1 aromatic rings. The average molecular weight is 306 g/mol. The Balaban J connectivity index is 2.38. The van der Waals surface area contributed by atoms with Gasteiger partial charge in [-0.25, -0.2) is 9.59 Å². The number of urea groups is 1. The number of carbonyl (C=O) groups excluding carboxylic acids is 1. The van der Waals surface area contributed by atoms with Gasteiger partial charge in [-0.3, -0.25) is 0 Å². The van der Waals surface area contributed by atoms with E-state index in [2.05, 4.69) is 22.8 Å². The monoisotopic (exact) mass is 306 g/mol. The van der Waals surface area contributed by atoms with Crippen molar-refractivity contribution >= 4 is 12.0 Å². The molecular weight excluding hydrogens is 280 g/mol. The lowest BCUT2D eigenvalue weighted by atomic mass is 10.0. The molecule has 22 heavy (non-hydrogen) atoms. The highest BCUT2D eigenvalue weighted by Crippen LogP contribution is 2.06. The van der Waals surface area contributed by atoms with Gasteiger partial charge in [-0.2, -0.15) is 0 Å². The Labute approximate surface area is 132 Å². The zero-order chi connectivity index (χ0) is 16.5. The number of benzene rings is 1. The van der Waals surface area contributed by atoms with Gasteiger partial charge in [0.1, 0.15) is 6.04 Å². The molecular formula is C17H26N2O3. The zero-order valence-corrected chi connectivity index (χ0v) is 13.5. The number of carboxylic acid groups (broad SMARTS) is 1. The van der Waals surface area contributed by atoms with E-state index in [1.54, 1.807) is 0 Å². The van der Waals surface area contributed by atoms with Crippen LogP contribution in [0.5, 0.6) is 0 Å². The minimum absolute atomic E-state index is 0.0197. The van der Waals surface area contributed by atoms with Gasteiger partial charge in [0.2, 0.25) is 0 Å². The first-order valence-electron chi connectivity index (χ1n) is 7.72. The van der Waals surface area contributed by atoms with Crippen LogP contribution in [0.3, 0.4) is 0 Å². The molecule has 0 aliphatic rings. The van der Waals surface area contributed by atoms with E-state index in [4.69, 9.17) is 5.11 Å². The number of aliphatic carboxylic acids is 1. The Morgan fingerprint density at radius 2 is 1.73 bits per heavy atom. The van der Waals surface area contributed by atoms with Gasteiger partial charge >= 0.3 is 12.0 Å². The molecule has 2 atom stereocenters. The van der Waals surface area contributed by atoms with Crippen molar-refractivity contribution in [1.29, 1.82) is 0 Å². The second kappa shape index (κ2) is 9.07. The predicted molar refractivity (Wildman–Crippen MR) is 86.8 cm³/mol. The first-order chi connectivity index (χ1) is 10.4. The fraction of sp³-hybridized carbons (Fsp3) is 0.529. The zero-order valence-electron chi connectivity index (χ0n) is 13.5. The van der Waals surface area contributed by atoms with Gasteiger partial charge < -0.3 is 15.7 Å². The maximum absolute atomic E-state index is 11.9. The van der Waals surface area contributed by atoms with E-state index in [1.807, 2.05) is 39.0 Å². The van der Waals surface area contributed by atoms with Crippen molar-refractivity contribution in [3.05, 3.63) is 35.9 Å². The van der Waals surface area contributed by atoms with Gasteiger partial charge in [0.15, 0.2) is 0 Å². The first-order valence-corrected chi connectivity index (χ1v) is 7.72. The summed E-state index contributed by atoms with van der Waals surface area (Å²) >= 11 is 0. The predicted octanol–water partition coefficient (Wildman–Crippen LogP) is 2.81. The lowest BCUT2D eigenvalue weighted by Gasteiger charge is -2.19. The Bertz CT molecular complexity index is 474. The van der Waals surface area contributed by atoms with Crippen LogP contribution in [0.4, 0.5) is 4.79 Å². The van der Waals surface area contributed by atoms with Crippen LogP contribution in [0.1, 0.15) is 39.2 Å². The van der Waals surface area contributed by atoms with Crippen LogP contribution in [-0.4, -0.2) is 29.2 Å². The molecule has 1 rings (SSSR count). The quantitative estimate of drug-likeness (QED) is 0.691. The van der Waals surface area contributed by atoms with Crippen molar-refractivity contribution in [2.45, 2.75) is 52.1 Å². The molecule has 2 unspecified atom stereocenters. The highest BCUT2D eigenvalue weighted by Gasteiger charge is 2.21. The number of rotatable bonds is 8. The normalized spacial score (nSPS) is 13.5. The number of amides is 2. The van der Waals surface area contributed by atoms with E-state index < -0.39 is 18.0 Å². The third kappa shape index (κ3) is 7.11. The molecule has 5 heteroatoms. The Morgan fingerprint density at radius 3 is 2.27 bits per heavy atom. The molecule has 0 aliphatic carbocycles. The van der Waals surface area contributed by atoms with E-state index in [0.717, 1.165) is 12.8 Å². The van der Waals surface area contributed by atoms with Crippen LogP contribution in [0.25, 0.3) is 0 Å². The summed E-state index contributed by atoms with van der Waals surface area (Å²) < 4.78 is 0. The van der Waals surface area contributed by atoms with Crippen molar-refractivity contribution in [3.8, 4) is 0 Å². The summed E-state index contributed by atoms with van der Waals surface area (Å²) in [6.07, 6.45) is 2.09. The summed E-state index contributed by atoms with van der Waals surface area (Å²) in [5, 5.41) is 14.4. The van der Waals surface area contributed by atoms with Gasteiger partial charge in [-0.1, -0.05) is 44.2 Å². The van der Waals surface area contributed by atoms with Gasteiger partial charge in [0.25, 0.3) is 0 Å². The van der Waals surface area contributed by atoms with Gasteiger partial charge in [0.05, 0.1) is 0 Å². The minimum atomic E-state index is -0.999. The number of carboxylic acids is 1. The number of hydrogen-bond donors (Lipinski definition) is 3. The van der Waals surface area contributed by atoms with E-state index in [9.17, 15) is 9.59 Å². The number of hydrogen-bond acceptors (Lipinski definition) is 2. The van der Waals surface area contributed by atoms with E-state index in [0.29, 0.717) is 6.42 Å². The van der Waals surface area contributed by atoms with E-state index in [1.165, 1.54) is 5.56 Å². The molecule has 0 heterocycles. The molecule has 0 saturated heterocycles. The van der Waals surface area contributed by atoms with Gasteiger partial charge in [-0.15, -0.1) is 0 Å². The average Bonchev–Trinajstić information content (AvgIpc) is 2.45. The molecule has 0 saturated carbocycles. The summed E-state index contributed by atoms with van der Waals surface area (Å²) in [5.74, 6) is -0.794. The van der Waals surface area contributed by atoms with E-state index in [-0.39, 0.29) is 12.0 Å². The van der Waals surface area contributed by atoms with Gasteiger partial charge in [-0.05, 0) is 37.7 Å². The second-order valence-electron chi connectivity index (χ2n) is 6.06. The molecule has 0 spiro atoms. The molecule has 1 aromatic carbocycles. The van der Waals surface area contributed by atoms with Crippen LogP contribution in [0.2, 0.25) is 0 Å². The smallest absolute Gasteiger partial charge is 0.326 e. The number of nitrogens with one attached hydrogen (secondary N) is 2. The molecule has 0 aliphatic heterocycles. The molecule has 3 N–H and O–H groups in total. The highest BCUT2D eigenvalue weighted by molar-refractivity contribution is 5.82. The van der Waals surface area contributed by atoms with Crippen molar-refractivity contribution in [2.24, 2.45) is 5.92 Å². The molecule has 0 bridgehead atoms. The maximum Gasteiger partial charge on any atom is 0.326 e. The van der Waals surface area contributed by atoms with Gasteiger partial charge in [0, 0.05) is 6.04 Å². The Hall–Kier alpha value is -2.04. The highest BCUT2D eigenvalue weighted by atomic mass is 16.4. The first kappa shape index (κ1) is 18.0. The summed E-state index contributed by atoms with van der Waals surface area (Å²) in [4.78, 5) is 23.0. The minimum Gasteiger partial charge on any atom is -0.480 e. The molecule has 122 valence electrons. The van der Waals surface area contributed by atoms with Crippen molar-refractivity contribution in [2.75, 3.05) is 0 Å². The summed E-state index contributed by atoms with van der Waals surface area (Å²) in [6.45, 7) is 5.77. The van der Waals surface area contributed by atoms with Crippen LogP contribution in [0, 0.1) is 5.92 Å². The largest absolute Gasteiger partial charge is 0.480 e. The van der Waals surface area contributed by atoms with E-state index >= 15 is 0 Å². The molecule has 0 radical (unpaired) electrons. The number of carbonyl (C=O) groups is 2. The third-order valence-corrected chi connectivity index (χ3v) is 3.40. The summed E-state index contributed by atoms with van der Waals surface area (Å²) in [7, 11) is 0. The third-order valence-electron chi connectivity index (χ3n) is 3.40. The molecule has 2 amide bonds. The van der Waals surface area contributed by atoms with Crippen LogP contribution < -0.4 is 10.6 Å². The maximum atomic E-state index is 11.9. The van der Waals surface area contributed by atoms with Crippen molar-refractivity contribution in [1.82, 2.24) is 10.6 Å². The molecule has 0 fully saturated rings. The fourth-order valence-electron chi connectivity index (χ4n) is 2.22. The Morgan fingerprint density at radius 1 is 1.09 bits per heavy atom. The molecule has 5 nitrogen and oxygen atoms in total. The van der Waals surface area contributed by atoms with Crippen LogP contribution in [0.15, 0.2) is 30.3 Å². The SMILES string of the molecule is CC(C)CC(NC(=O)NC(C)CCc1ccccc1)C(=O)O.